The summed E-state index contributed by atoms with van der Waals surface area (Å²) in [6.45, 7) is 7.29. The van der Waals surface area contributed by atoms with Crippen molar-refractivity contribution in [3.63, 3.8) is 0 Å². The van der Waals surface area contributed by atoms with E-state index < -0.39 is 5.91 Å². The first-order valence-electron chi connectivity index (χ1n) is 10.4. The van der Waals surface area contributed by atoms with Crippen molar-refractivity contribution in [1.82, 2.24) is 9.88 Å². The summed E-state index contributed by atoms with van der Waals surface area (Å²) in [4.78, 5) is 24.6. The Labute approximate surface area is 187 Å². The number of hydrogen-bond acceptors (Lipinski definition) is 4. The quantitative estimate of drug-likeness (QED) is 0.403. The maximum absolute atomic E-state index is 12.5. The highest BCUT2D eigenvalue weighted by molar-refractivity contribution is 6.02. The van der Waals surface area contributed by atoms with Gasteiger partial charge in [-0.1, -0.05) is 19.1 Å². The lowest BCUT2D eigenvalue weighted by atomic mass is 10.1. The van der Waals surface area contributed by atoms with Gasteiger partial charge in [0, 0.05) is 30.2 Å². The van der Waals surface area contributed by atoms with Crippen LogP contribution < -0.4 is 10.6 Å². The summed E-state index contributed by atoms with van der Waals surface area (Å²) in [6, 6.07) is 14.3. The Morgan fingerprint density at radius 2 is 1.94 bits per heavy atom. The van der Waals surface area contributed by atoms with Gasteiger partial charge in [-0.05, 0) is 67.8 Å². The molecule has 0 spiro atoms. The van der Waals surface area contributed by atoms with E-state index in [1.54, 1.807) is 42.5 Å². The van der Waals surface area contributed by atoms with Gasteiger partial charge in [0.2, 0.25) is 0 Å². The van der Waals surface area contributed by atoms with Gasteiger partial charge in [-0.15, -0.1) is 0 Å². The van der Waals surface area contributed by atoms with Gasteiger partial charge in [0.1, 0.15) is 11.6 Å². The Balaban J connectivity index is 1.62. The number of benzene rings is 1. The Hall–Kier alpha value is -4.05. The van der Waals surface area contributed by atoms with Crippen LogP contribution in [0.3, 0.4) is 0 Å². The average Bonchev–Trinajstić information content (AvgIpc) is 3.42. The predicted octanol–water partition coefficient (Wildman–Crippen LogP) is 4.58. The van der Waals surface area contributed by atoms with Crippen molar-refractivity contribution in [1.29, 1.82) is 5.26 Å². The molecule has 7 heteroatoms. The van der Waals surface area contributed by atoms with Crippen molar-refractivity contribution >= 4 is 23.6 Å². The maximum Gasteiger partial charge on any atom is 0.291 e. The van der Waals surface area contributed by atoms with E-state index in [1.165, 1.54) is 6.26 Å². The van der Waals surface area contributed by atoms with Gasteiger partial charge in [-0.3, -0.25) is 9.59 Å². The number of aromatic nitrogens is 1. The highest BCUT2D eigenvalue weighted by atomic mass is 16.3. The summed E-state index contributed by atoms with van der Waals surface area (Å²) in [7, 11) is 0. The number of furan rings is 1. The highest BCUT2D eigenvalue weighted by Gasteiger charge is 2.13. The van der Waals surface area contributed by atoms with Crippen LogP contribution in [-0.2, 0) is 17.9 Å². The number of nitriles is 1. The number of nitrogens with one attached hydrogen (secondary N) is 2. The van der Waals surface area contributed by atoms with E-state index in [1.807, 2.05) is 26.0 Å². The molecular formula is C25H26N4O3. The van der Waals surface area contributed by atoms with Crippen LogP contribution in [0.25, 0.3) is 6.08 Å². The normalized spacial score (nSPS) is 11.1. The lowest BCUT2D eigenvalue weighted by Crippen LogP contribution is -2.24. The number of rotatable bonds is 8. The summed E-state index contributed by atoms with van der Waals surface area (Å²) in [5, 5.41) is 15.0. The Kier molecular flexibility index (Phi) is 7.29. The summed E-state index contributed by atoms with van der Waals surface area (Å²) in [5.74, 6) is -0.534. The molecule has 2 heterocycles. The number of anilines is 1. The van der Waals surface area contributed by atoms with Gasteiger partial charge in [0.15, 0.2) is 5.76 Å². The van der Waals surface area contributed by atoms with Crippen LogP contribution in [0.5, 0.6) is 0 Å². The molecule has 0 aliphatic carbocycles. The van der Waals surface area contributed by atoms with Crippen LogP contribution in [0.4, 0.5) is 5.69 Å². The lowest BCUT2D eigenvalue weighted by Gasteiger charge is -2.08. The number of nitrogens with zero attached hydrogens (tertiary/aromatic N) is 2. The van der Waals surface area contributed by atoms with E-state index in [-0.39, 0.29) is 23.8 Å². The highest BCUT2D eigenvalue weighted by Crippen LogP contribution is 2.19. The van der Waals surface area contributed by atoms with Gasteiger partial charge in [-0.25, -0.2) is 0 Å². The zero-order chi connectivity index (χ0) is 23.1. The molecule has 3 aromatic rings. The van der Waals surface area contributed by atoms with E-state index in [2.05, 4.69) is 22.1 Å². The first kappa shape index (κ1) is 22.6. The molecule has 2 amide bonds. The fraction of sp³-hybridized carbons (Fsp3) is 0.240. The first-order chi connectivity index (χ1) is 15.4. The summed E-state index contributed by atoms with van der Waals surface area (Å²) < 4.78 is 7.25. The molecule has 164 valence electrons. The molecule has 0 bridgehead atoms. The van der Waals surface area contributed by atoms with E-state index >= 15 is 0 Å². The van der Waals surface area contributed by atoms with Crippen LogP contribution in [0.2, 0.25) is 0 Å². The van der Waals surface area contributed by atoms with Crippen LogP contribution in [0, 0.1) is 25.2 Å². The summed E-state index contributed by atoms with van der Waals surface area (Å²) in [6.07, 6.45) is 4.08. The van der Waals surface area contributed by atoms with Gasteiger partial charge in [0.25, 0.3) is 11.8 Å². The molecule has 0 aliphatic heterocycles. The predicted molar refractivity (Wildman–Crippen MR) is 123 cm³/mol. The molecule has 0 aliphatic rings. The summed E-state index contributed by atoms with van der Waals surface area (Å²) in [5.41, 5.74) is 4.53. The number of hydrogen-bond donors (Lipinski definition) is 2. The average molecular weight is 431 g/mol. The molecule has 0 atom stereocenters. The topological polar surface area (TPSA) is 100 Å². The van der Waals surface area contributed by atoms with Crippen molar-refractivity contribution in [3.05, 3.63) is 82.6 Å². The molecule has 2 N–H and O–H groups in total. The number of carbonyl (C=O) groups is 2. The van der Waals surface area contributed by atoms with Crippen molar-refractivity contribution < 1.29 is 14.0 Å². The Bertz CT molecular complexity index is 1160. The molecule has 3 rings (SSSR count). The van der Waals surface area contributed by atoms with Crippen molar-refractivity contribution in [2.24, 2.45) is 0 Å². The van der Waals surface area contributed by atoms with Gasteiger partial charge < -0.3 is 19.6 Å². The van der Waals surface area contributed by atoms with Crippen LogP contribution in [0.1, 0.15) is 46.4 Å². The molecule has 0 saturated heterocycles. The van der Waals surface area contributed by atoms with E-state index in [9.17, 15) is 14.9 Å². The molecular weight excluding hydrogens is 404 g/mol. The van der Waals surface area contributed by atoms with Crippen LogP contribution in [0.15, 0.2) is 58.7 Å². The fourth-order valence-corrected chi connectivity index (χ4v) is 3.43. The molecule has 0 saturated carbocycles. The van der Waals surface area contributed by atoms with Crippen molar-refractivity contribution in [2.45, 2.75) is 40.3 Å². The third-order valence-electron chi connectivity index (χ3n) is 5.13. The molecule has 2 aromatic heterocycles. The van der Waals surface area contributed by atoms with Gasteiger partial charge in [0.05, 0.1) is 6.26 Å². The number of carbonyl (C=O) groups excluding carboxylic acids is 2. The second-order valence-corrected chi connectivity index (χ2v) is 7.46. The second-order valence-electron chi connectivity index (χ2n) is 7.46. The second kappa shape index (κ2) is 10.3. The van der Waals surface area contributed by atoms with Gasteiger partial charge in [-0.2, -0.15) is 5.26 Å². The minimum Gasteiger partial charge on any atom is -0.459 e. The minimum atomic E-state index is -0.428. The lowest BCUT2D eigenvalue weighted by molar-refractivity contribution is -0.117. The molecule has 1 aromatic carbocycles. The zero-order valence-electron chi connectivity index (χ0n) is 18.4. The SMILES string of the molecule is CCCn1c(C)cc(/C=C(\C#N)C(=O)NCc2ccc(NC(=O)c3ccco3)cc2)c1C. The van der Waals surface area contributed by atoms with Crippen molar-refractivity contribution in [2.75, 3.05) is 5.32 Å². The third kappa shape index (κ3) is 5.35. The Morgan fingerprint density at radius 3 is 2.56 bits per heavy atom. The monoisotopic (exact) mass is 430 g/mol. The van der Waals surface area contributed by atoms with E-state index in [0.29, 0.717) is 5.69 Å². The first-order valence-corrected chi connectivity index (χ1v) is 10.4. The minimum absolute atomic E-state index is 0.0593. The number of amides is 2. The molecule has 32 heavy (non-hydrogen) atoms. The fourth-order valence-electron chi connectivity index (χ4n) is 3.43. The van der Waals surface area contributed by atoms with E-state index in [0.717, 1.165) is 35.5 Å². The Morgan fingerprint density at radius 1 is 1.19 bits per heavy atom. The molecule has 0 radical (unpaired) electrons. The van der Waals surface area contributed by atoms with Crippen molar-refractivity contribution in [3.8, 4) is 6.07 Å². The summed E-state index contributed by atoms with van der Waals surface area (Å²) >= 11 is 0. The van der Waals surface area contributed by atoms with E-state index in [4.69, 9.17) is 4.42 Å². The molecule has 0 fully saturated rings. The third-order valence-corrected chi connectivity index (χ3v) is 5.13. The standard InChI is InChI=1S/C25H26N4O3/c1-4-11-29-17(2)13-20(18(29)3)14-21(15-26)24(30)27-16-19-7-9-22(10-8-19)28-25(31)23-6-5-12-32-23/h5-10,12-14H,4,11,16H2,1-3H3,(H,27,30)(H,28,31)/b21-14+. The largest absolute Gasteiger partial charge is 0.459 e. The zero-order valence-corrected chi connectivity index (χ0v) is 18.4. The van der Waals surface area contributed by atoms with Crippen LogP contribution >= 0.6 is 0 Å². The number of aryl methyl sites for hydroxylation is 1. The smallest absolute Gasteiger partial charge is 0.291 e. The van der Waals surface area contributed by atoms with Crippen LogP contribution in [-0.4, -0.2) is 16.4 Å². The van der Waals surface area contributed by atoms with Gasteiger partial charge >= 0.3 is 0 Å². The maximum atomic E-state index is 12.5. The molecule has 0 unspecified atom stereocenters. The molecule has 7 nitrogen and oxygen atoms in total.